The van der Waals surface area contributed by atoms with Crippen LogP contribution < -0.4 is 24.4 Å². The molecule has 0 bridgehead atoms. The lowest BCUT2D eigenvalue weighted by Gasteiger charge is -2.13. The summed E-state index contributed by atoms with van der Waals surface area (Å²) < 4.78 is 27.3. The van der Waals surface area contributed by atoms with Gasteiger partial charge in [0.15, 0.2) is 23.7 Å². The summed E-state index contributed by atoms with van der Waals surface area (Å²) >= 11 is 0. The highest BCUT2D eigenvalue weighted by Gasteiger charge is 2.15. The average molecular weight is 387 g/mol. The molecule has 28 heavy (non-hydrogen) atoms. The van der Waals surface area contributed by atoms with Crippen LogP contribution in [0, 0.1) is 0 Å². The van der Waals surface area contributed by atoms with Crippen LogP contribution in [0.4, 0.5) is 0 Å². The van der Waals surface area contributed by atoms with Crippen LogP contribution in [0.15, 0.2) is 45.6 Å². The molecule has 0 saturated heterocycles. The van der Waals surface area contributed by atoms with Crippen LogP contribution in [-0.2, 0) is 0 Å². The van der Waals surface area contributed by atoms with Gasteiger partial charge >= 0.3 is 0 Å². The minimum atomic E-state index is -0.256. The van der Waals surface area contributed by atoms with E-state index in [1.165, 1.54) is 27.3 Å². The monoisotopic (exact) mass is 387 g/mol. The molecule has 0 saturated carbocycles. The van der Waals surface area contributed by atoms with Gasteiger partial charge in [-0.3, -0.25) is 4.79 Å². The molecule has 1 N–H and O–H groups in total. The molecule has 0 aliphatic carbocycles. The zero-order valence-corrected chi connectivity index (χ0v) is 16.0. The van der Waals surface area contributed by atoms with E-state index in [9.17, 15) is 10.0 Å². The van der Waals surface area contributed by atoms with Gasteiger partial charge in [0.05, 0.1) is 21.3 Å². The summed E-state index contributed by atoms with van der Waals surface area (Å²) in [4.78, 5) is 12.7. The van der Waals surface area contributed by atoms with Crippen molar-refractivity contribution in [3.05, 3.63) is 46.6 Å². The molecule has 8 nitrogen and oxygen atoms in total. The third kappa shape index (κ3) is 3.88. The number of hydroxylamine groups is 2. The Morgan fingerprint density at radius 2 is 1.68 bits per heavy atom. The molecule has 0 amide bonds. The molecular weight excluding hydrogens is 366 g/mol. The number of benzene rings is 2. The van der Waals surface area contributed by atoms with Gasteiger partial charge in [-0.05, 0) is 18.2 Å². The van der Waals surface area contributed by atoms with Gasteiger partial charge < -0.3 is 28.6 Å². The van der Waals surface area contributed by atoms with Crippen LogP contribution in [0.3, 0.4) is 0 Å². The van der Waals surface area contributed by atoms with E-state index in [-0.39, 0.29) is 12.2 Å². The van der Waals surface area contributed by atoms with E-state index in [4.69, 9.17) is 23.4 Å². The van der Waals surface area contributed by atoms with Crippen molar-refractivity contribution in [1.29, 1.82) is 0 Å². The van der Waals surface area contributed by atoms with Gasteiger partial charge in [0, 0.05) is 30.8 Å². The zero-order chi connectivity index (χ0) is 20.3. The third-order valence-electron chi connectivity index (χ3n) is 4.07. The molecule has 0 fully saturated rings. The van der Waals surface area contributed by atoms with Crippen molar-refractivity contribution in [1.82, 2.24) is 5.06 Å². The van der Waals surface area contributed by atoms with E-state index in [1.807, 2.05) is 0 Å². The Morgan fingerprint density at radius 1 is 0.964 bits per heavy atom. The molecule has 2 aromatic carbocycles. The van der Waals surface area contributed by atoms with E-state index >= 15 is 0 Å². The fourth-order valence-corrected chi connectivity index (χ4v) is 2.77. The molecule has 0 radical (unpaired) electrons. The first-order valence-electron chi connectivity index (χ1n) is 8.38. The quantitative estimate of drug-likeness (QED) is 0.488. The predicted octanol–water partition coefficient (Wildman–Crippen LogP) is 3.14. The Morgan fingerprint density at radius 3 is 2.32 bits per heavy atom. The minimum absolute atomic E-state index is 0.0612. The van der Waals surface area contributed by atoms with Crippen molar-refractivity contribution >= 4 is 11.0 Å². The highest BCUT2D eigenvalue weighted by atomic mass is 16.6. The van der Waals surface area contributed by atoms with Crippen LogP contribution in [0.25, 0.3) is 22.3 Å². The summed E-state index contributed by atoms with van der Waals surface area (Å²) in [5, 5.41) is 10.4. The summed E-state index contributed by atoms with van der Waals surface area (Å²) in [5.41, 5.74) is 0.693. The molecule has 0 spiro atoms. The zero-order valence-electron chi connectivity index (χ0n) is 16.0. The molecule has 1 heterocycles. The minimum Gasteiger partial charge on any atom is -0.496 e. The van der Waals surface area contributed by atoms with Gasteiger partial charge in [0.2, 0.25) is 0 Å². The third-order valence-corrected chi connectivity index (χ3v) is 4.07. The van der Waals surface area contributed by atoms with Crippen LogP contribution >= 0.6 is 0 Å². The molecular formula is C20H21NO7. The smallest absolute Gasteiger partial charge is 0.197 e. The SMILES string of the molecule is COc1ccc(-c2cc(=O)c3c(OC)cc(OCN(C)O)cc3o2)cc1OC. The van der Waals surface area contributed by atoms with Gasteiger partial charge in [0.25, 0.3) is 0 Å². The lowest BCUT2D eigenvalue weighted by molar-refractivity contribution is -0.111. The topological polar surface area (TPSA) is 90.6 Å². The lowest BCUT2D eigenvalue weighted by Crippen LogP contribution is -2.19. The Hall–Kier alpha value is -3.23. The summed E-state index contributed by atoms with van der Waals surface area (Å²) in [6.45, 7) is -0.0612. The second kappa shape index (κ2) is 8.20. The Labute approximate surface area is 161 Å². The van der Waals surface area contributed by atoms with Crippen LogP contribution in [0.1, 0.15) is 0 Å². The van der Waals surface area contributed by atoms with Gasteiger partial charge in [0.1, 0.15) is 28.2 Å². The molecule has 0 aliphatic heterocycles. The van der Waals surface area contributed by atoms with Crippen LogP contribution in [-0.4, -0.2) is 45.4 Å². The maximum Gasteiger partial charge on any atom is 0.197 e. The number of ether oxygens (including phenoxy) is 4. The lowest BCUT2D eigenvalue weighted by atomic mass is 10.1. The van der Waals surface area contributed by atoms with Crippen molar-refractivity contribution in [3.8, 4) is 34.3 Å². The number of hydrogen-bond acceptors (Lipinski definition) is 8. The summed E-state index contributed by atoms with van der Waals surface area (Å²) in [5.74, 6) is 2.15. The first kappa shape index (κ1) is 19.5. The molecule has 0 unspecified atom stereocenters. The van der Waals surface area contributed by atoms with Crippen LogP contribution in [0.2, 0.25) is 0 Å². The van der Waals surface area contributed by atoms with Gasteiger partial charge in [-0.15, -0.1) is 0 Å². The molecule has 148 valence electrons. The maximum absolute atomic E-state index is 12.7. The normalized spacial score (nSPS) is 10.9. The first-order valence-corrected chi connectivity index (χ1v) is 8.38. The second-order valence-corrected chi connectivity index (χ2v) is 5.97. The van der Waals surface area contributed by atoms with Crippen molar-refractivity contribution in [2.45, 2.75) is 0 Å². The number of hydrogen-bond donors (Lipinski definition) is 1. The summed E-state index contributed by atoms with van der Waals surface area (Å²) in [6, 6.07) is 9.76. The first-order chi connectivity index (χ1) is 13.5. The highest BCUT2D eigenvalue weighted by molar-refractivity contribution is 5.86. The Kier molecular flexibility index (Phi) is 5.72. The van der Waals surface area contributed by atoms with Crippen LogP contribution in [0.5, 0.6) is 23.0 Å². The van der Waals surface area contributed by atoms with E-state index in [0.29, 0.717) is 45.3 Å². The Balaban J connectivity index is 2.14. The van der Waals surface area contributed by atoms with Crippen molar-refractivity contribution in [3.63, 3.8) is 0 Å². The fraction of sp³-hybridized carbons (Fsp3) is 0.250. The molecule has 3 rings (SSSR count). The maximum atomic E-state index is 12.7. The number of fused-ring (bicyclic) bond motifs is 1. The molecule has 0 aliphatic rings. The molecule has 1 aromatic heterocycles. The van der Waals surface area contributed by atoms with Gasteiger partial charge in [-0.25, -0.2) is 0 Å². The van der Waals surface area contributed by atoms with E-state index in [0.717, 1.165) is 5.06 Å². The standard InChI is InChI=1S/C20H21NO7/c1-21(23)11-27-13-8-18(26-4)20-14(22)10-16(28-19(20)9-13)12-5-6-15(24-2)17(7-12)25-3/h5-10,23H,11H2,1-4H3. The molecule has 3 aromatic rings. The van der Waals surface area contributed by atoms with E-state index < -0.39 is 0 Å². The van der Waals surface area contributed by atoms with Crippen molar-refractivity contribution in [2.24, 2.45) is 0 Å². The summed E-state index contributed by atoms with van der Waals surface area (Å²) in [7, 11) is 5.99. The van der Waals surface area contributed by atoms with E-state index in [2.05, 4.69) is 0 Å². The largest absolute Gasteiger partial charge is 0.496 e. The predicted molar refractivity (Wildman–Crippen MR) is 103 cm³/mol. The average Bonchev–Trinajstić information content (AvgIpc) is 2.70. The summed E-state index contributed by atoms with van der Waals surface area (Å²) in [6.07, 6.45) is 0. The fourth-order valence-electron chi connectivity index (χ4n) is 2.77. The highest BCUT2D eigenvalue weighted by Crippen LogP contribution is 2.35. The van der Waals surface area contributed by atoms with Gasteiger partial charge in [-0.2, -0.15) is 5.06 Å². The number of methoxy groups -OCH3 is 3. The van der Waals surface area contributed by atoms with Crippen molar-refractivity contribution in [2.75, 3.05) is 35.1 Å². The molecule has 0 atom stereocenters. The number of rotatable bonds is 7. The number of nitrogens with zero attached hydrogens (tertiary/aromatic N) is 1. The second-order valence-electron chi connectivity index (χ2n) is 5.97. The molecule has 8 heteroatoms. The van der Waals surface area contributed by atoms with Crippen molar-refractivity contribution < 1.29 is 28.6 Å². The van der Waals surface area contributed by atoms with E-state index in [1.54, 1.807) is 37.4 Å². The van der Waals surface area contributed by atoms with Gasteiger partial charge in [-0.1, -0.05) is 0 Å². The Bertz CT molecular complexity index is 1040.